The van der Waals surface area contributed by atoms with Crippen molar-refractivity contribution in [3.05, 3.63) is 42.0 Å². The molecule has 3 aromatic rings. The molecule has 2 aromatic heterocycles. The van der Waals surface area contributed by atoms with Gasteiger partial charge in [0.05, 0.1) is 34.3 Å². The Morgan fingerprint density at radius 3 is 2.46 bits per heavy atom. The van der Waals surface area contributed by atoms with Crippen molar-refractivity contribution in [1.82, 2.24) is 20.2 Å². The van der Waals surface area contributed by atoms with Gasteiger partial charge in [0.2, 0.25) is 5.89 Å². The number of benzene rings is 1. The van der Waals surface area contributed by atoms with Crippen LogP contribution in [0, 0.1) is 6.92 Å². The van der Waals surface area contributed by atoms with Crippen molar-refractivity contribution in [3.63, 3.8) is 0 Å². The molecule has 0 bridgehead atoms. The van der Waals surface area contributed by atoms with Gasteiger partial charge in [-0.1, -0.05) is 12.1 Å². The van der Waals surface area contributed by atoms with Crippen LogP contribution in [0.4, 0.5) is 0 Å². The molecule has 0 amide bonds. The van der Waals surface area contributed by atoms with Crippen LogP contribution >= 0.6 is 0 Å². The van der Waals surface area contributed by atoms with Crippen molar-refractivity contribution in [2.45, 2.75) is 37.5 Å². The van der Waals surface area contributed by atoms with E-state index in [1.165, 1.54) is 0 Å². The summed E-state index contributed by atoms with van der Waals surface area (Å²) in [4.78, 5) is 9.14. The summed E-state index contributed by atoms with van der Waals surface area (Å²) in [6, 6.07) is 6.56. The van der Waals surface area contributed by atoms with E-state index in [4.69, 9.17) is 10.2 Å². The average Bonchev–Trinajstić information content (AvgIpc) is 3.11. The predicted molar refractivity (Wildman–Crippen MR) is 97.8 cm³/mol. The number of rotatable bonds is 5. The van der Waals surface area contributed by atoms with Crippen molar-refractivity contribution in [3.8, 4) is 22.8 Å². The Morgan fingerprint density at radius 1 is 1.19 bits per heavy atom. The maximum Gasteiger partial charge on any atom is 0.268 e. The molecule has 0 aliphatic carbocycles. The van der Waals surface area contributed by atoms with Gasteiger partial charge in [-0.05, 0) is 32.9 Å². The highest BCUT2D eigenvalue weighted by Gasteiger charge is 2.19. The van der Waals surface area contributed by atoms with Gasteiger partial charge in [-0.2, -0.15) is 0 Å². The predicted octanol–water partition coefficient (Wildman–Crippen LogP) is 2.39. The van der Waals surface area contributed by atoms with E-state index in [2.05, 4.69) is 20.2 Å². The van der Waals surface area contributed by atoms with E-state index in [0.717, 1.165) is 5.56 Å². The van der Waals surface area contributed by atoms with Gasteiger partial charge in [0, 0.05) is 6.99 Å². The maximum atomic E-state index is 12.2. The lowest BCUT2D eigenvalue weighted by Gasteiger charge is -2.09. The Morgan fingerprint density at radius 2 is 1.88 bits per heavy atom. The van der Waals surface area contributed by atoms with Crippen molar-refractivity contribution < 1.29 is 14.3 Å². The summed E-state index contributed by atoms with van der Waals surface area (Å²) < 4.78 is 29.9. The van der Waals surface area contributed by atoms with E-state index in [1.54, 1.807) is 51.2 Å². The summed E-state index contributed by atoms with van der Waals surface area (Å²) in [6.07, 6.45) is 1.62. The molecule has 0 radical (unpaired) electrons. The summed E-state index contributed by atoms with van der Waals surface area (Å²) in [5.41, 5.74) is 7.91. The van der Waals surface area contributed by atoms with Crippen LogP contribution in [-0.2, 0) is 16.4 Å². The summed E-state index contributed by atoms with van der Waals surface area (Å²) in [7, 11) is -3.32. The molecule has 0 saturated heterocycles. The van der Waals surface area contributed by atoms with Gasteiger partial charge in [-0.25, -0.2) is 13.4 Å². The van der Waals surface area contributed by atoms with Gasteiger partial charge < -0.3 is 10.2 Å². The Hall–Kier alpha value is -2.65. The van der Waals surface area contributed by atoms with Crippen LogP contribution in [0.1, 0.15) is 26.9 Å². The second-order valence-electron chi connectivity index (χ2n) is 6.01. The normalized spacial score (nSPS) is 11.9. The van der Waals surface area contributed by atoms with E-state index >= 15 is 0 Å². The van der Waals surface area contributed by atoms with Crippen LogP contribution in [0.3, 0.4) is 0 Å². The largest absolute Gasteiger partial charge is 0.418 e. The SMILES string of the molecule is Cc1ncc(-c2ccc(S(=O)(=O)C(C)C)cc2)nc1-c1nnc(CN)o1.[HH]. The van der Waals surface area contributed by atoms with E-state index in [1.807, 2.05) is 0 Å². The topological polar surface area (TPSA) is 125 Å². The molecule has 2 heterocycles. The van der Waals surface area contributed by atoms with Crippen LogP contribution in [0.15, 0.2) is 39.8 Å². The minimum Gasteiger partial charge on any atom is -0.418 e. The van der Waals surface area contributed by atoms with E-state index in [-0.39, 0.29) is 18.8 Å². The fraction of sp³-hybridized carbons (Fsp3) is 0.294. The zero-order valence-electron chi connectivity index (χ0n) is 14.7. The van der Waals surface area contributed by atoms with Crippen molar-refractivity contribution >= 4 is 9.84 Å². The number of sulfone groups is 1. The molecule has 2 N–H and O–H groups in total. The van der Waals surface area contributed by atoms with Crippen LogP contribution in [0.2, 0.25) is 0 Å². The van der Waals surface area contributed by atoms with Gasteiger partial charge >= 0.3 is 0 Å². The Labute approximate surface area is 152 Å². The van der Waals surface area contributed by atoms with E-state index in [0.29, 0.717) is 23.0 Å². The lowest BCUT2D eigenvalue weighted by atomic mass is 10.1. The van der Waals surface area contributed by atoms with E-state index < -0.39 is 15.1 Å². The van der Waals surface area contributed by atoms with Crippen molar-refractivity contribution in [2.24, 2.45) is 5.73 Å². The first-order chi connectivity index (χ1) is 12.3. The minimum atomic E-state index is -3.32. The molecular weight excluding hydrogens is 354 g/mol. The third-order valence-corrected chi connectivity index (χ3v) is 6.07. The number of aryl methyl sites for hydroxylation is 1. The van der Waals surface area contributed by atoms with Gasteiger partial charge in [0.15, 0.2) is 9.84 Å². The molecule has 1 aromatic carbocycles. The molecule has 26 heavy (non-hydrogen) atoms. The number of nitrogens with zero attached hydrogens (tertiary/aromatic N) is 4. The summed E-state index contributed by atoms with van der Waals surface area (Å²) in [5, 5.41) is 7.30. The third kappa shape index (κ3) is 3.35. The minimum absolute atomic E-state index is 0. The molecule has 138 valence electrons. The number of hydrogen-bond acceptors (Lipinski definition) is 8. The first-order valence-electron chi connectivity index (χ1n) is 8.03. The standard InChI is InChI=1S/C17H19N5O3S.H2/c1-10(2)26(23,24)13-6-4-12(5-7-13)14-9-19-11(3)16(20-14)17-22-21-15(8-18)25-17;/h4-7,9-10H,8,18H2,1-3H3;1H. The van der Waals surface area contributed by atoms with Crippen LogP contribution in [0.25, 0.3) is 22.8 Å². The zero-order chi connectivity index (χ0) is 18.9. The van der Waals surface area contributed by atoms with Gasteiger partial charge in [-0.3, -0.25) is 4.98 Å². The van der Waals surface area contributed by atoms with Crippen molar-refractivity contribution in [2.75, 3.05) is 0 Å². The fourth-order valence-electron chi connectivity index (χ4n) is 2.31. The van der Waals surface area contributed by atoms with Gasteiger partial charge in [0.1, 0.15) is 5.69 Å². The molecule has 0 saturated carbocycles. The molecule has 0 atom stereocenters. The molecule has 0 aliphatic heterocycles. The quantitative estimate of drug-likeness (QED) is 0.720. The lowest BCUT2D eigenvalue weighted by Crippen LogP contribution is -2.13. The van der Waals surface area contributed by atoms with Crippen LogP contribution < -0.4 is 5.73 Å². The molecule has 0 unspecified atom stereocenters. The Bertz CT molecular complexity index is 1030. The zero-order valence-corrected chi connectivity index (χ0v) is 15.5. The number of aromatic nitrogens is 4. The first-order valence-corrected chi connectivity index (χ1v) is 9.58. The van der Waals surface area contributed by atoms with Gasteiger partial charge in [0.25, 0.3) is 5.89 Å². The molecule has 0 spiro atoms. The molecule has 0 fully saturated rings. The highest BCUT2D eigenvalue weighted by atomic mass is 32.2. The fourth-order valence-corrected chi connectivity index (χ4v) is 3.37. The second-order valence-corrected chi connectivity index (χ2v) is 8.52. The van der Waals surface area contributed by atoms with Crippen LogP contribution in [0.5, 0.6) is 0 Å². The first kappa shape index (κ1) is 18.2. The lowest BCUT2D eigenvalue weighted by molar-refractivity contribution is 0.506. The summed E-state index contributed by atoms with van der Waals surface area (Å²) in [5.74, 6) is 0.561. The Balaban J connectivity index is 0.00000261. The van der Waals surface area contributed by atoms with E-state index in [9.17, 15) is 8.42 Å². The number of hydrogen-bond donors (Lipinski definition) is 1. The Kier molecular flexibility index (Phi) is 4.84. The summed E-state index contributed by atoms with van der Waals surface area (Å²) in [6.45, 7) is 5.24. The molecular formula is C17H21N5O3S. The molecule has 0 aliphatic rings. The highest BCUT2D eigenvalue weighted by molar-refractivity contribution is 7.92. The second kappa shape index (κ2) is 6.93. The van der Waals surface area contributed by atoms with Gasteiger partial charge in [-0.15, -0.1) is 10.2 Å². The monoisotopic (exact) mass is 375 g/mol. The number of nitrogens with two attached hydrogens (primary N) is 1. The summed E-state index contributed by atoms with van der Waals surface area (Å²) >= 11 is 0. The molecule has 9 heteroatoms. The molecule has 8 nitrogen and oxygen atoms in total. The maximum absolute atomic E-state index is 12.2. The van der Waals surface area contributed by atoms with Crippen molar-refractivity contribution in [1.29, 1.82) is 0 Å². The molecule has 3 rings (SSSR count). The highest BCUT2D eigenvalue weighted by Crippen LogP contribution is 2.25. The smallest absolute Gasteiger partial charge is 0.268 e. The average molecular weight is 375 g/mol. The van der Waals surface area contributed by atoms with Crippen LogP contribution in [-0.4, -0.2) is 33.8 Å². The third-order valence-electron chi connectivity index (χ3n) is 3.90.